The quantitative estimate of drug-likeness (QED) is 0.674. The zero-order valence-electron chi connectivity index (χ0n) is 10.9. The molecule has 0 spiro atoms. The summed E-state index contributed by atoms with van der Waals surface area (Å²) in [5, 5.41) is 11.3. The van der Waals surface area contributed by atoms with Crippen molar-refractivity contribution in [2.75, 3.05) is 32.8 Å². The summed E-state index contributed by atoms with van der Waals surface area (Å²) in [7, 11) is 0. The number of aliphatic hydroxyl groups is 1. The van der Waals surface area contributed by atoms with Crippen LogP contribution in [-0.4, -0.2) is 60.8 Å². The highest BCUT2D eigenvalue weighted by Crippen LogP contribution is 2.14. The molecule has 0 radical (unpaired) electrons. The Labute approximate surface area is 107 Å². The molecule has 1 rings (SSSR count). The molecule has 2 N–H and O–H groups in total. The van der Waals surface area contributed by atoms with Gasteiger partial charge in [0, 0.05) is 33.0 Å². The van der Waals surface area contributed by atoms with E-state index in [0.29, 0.717) is 32.7 Å². The topological polar surface area (TPSA) is 78.9 Å². The van der Waals surface area contributed by atoms with Crippen LogP contribution in [0.3, 0.4) is 0 Å². The number of hydrogen-bond donors (Lipinski definition) is 2. The second-order valence-electron chi connectivity index (χ2n) is 4.41. The number of rotatable bonds is 6. The first kappa shape index (κ1) is 14.9. The Hall–Kier alpha value is -1.14. The van der Waals surface area contributed by atoms with Gasteiger partial charge >= 0.3 is 0 Å². The molecule has 104 valence electrons. The summed E-state index contributed by atoms with van der Waals surface area (Å²) in [6.07, 6.45) is 2.12. The highest BCUT2D eigenvalue weighted by molar-refractivity contribution is 5.78. The fraction of sp³-hybridized carbons (Fsp3) is 0.833. The lowest BCUT2D eigenvalue weighted by molar-refractivity contribution is -0.133. The Morgan fingerprint density at radius 1 is 1.39 bits per heavy atom. The molecule has 1 fully saturated rings. The van der Waals surface area contributed by atoms with Crippen molar-refractivity contribution in [3.05, 3.63) is 0 Å². The number of nitrogens with zero attached hydrogens (tertiary/aromatic N) is 1. The zero-order chi connectivity index (χ0) is 13.4. The molecule has 1 saturated heterocycles. The first-order valence-corrected chi connectivity index (χ1v) is 6.38. The number of amides is 2. The van der Waals surface area contributed by atoms with Crippen LogP contribution in [0, 0.1) is 0 Å². The second kappa shape index (κ2) is 8.05. The van der Waals surface area contributed by atoms with Crippen LogP contribution < -0.4 is 5.32 Å². The third-order valence-electron chi connectivity index (χ3n) is 2.95. The van der Waals surface area contributed by atoms with Crippen molar-refractivity contribution >= 4 is 11.8 Å². The van der Waals surface area contributed by atoms with E-state index >= 15 is 0 Å². The third-order valence-corrected chi connectivity index (χ3v) is 2.95. The minimum absolute atomic E-state index is 0.0376. The van der Waals surface area contributed by atoms with Crippen LogP contribution in [0.5, 0.6) is 0 Å². The van der Waals surface area contributed by atoms with Crippen molar-refractivity contribution in [2.24, 2.45) is 0 Å². The number of hydrogen-bond acceptors (Lipinski definition) is 4. The SMILES string of the molecule is CC(=O)NCCC(=O)N1CCC(OCCO)CC1. The maximum absolute atomic E-state index is 11.8. The molecule has 0 saturated carbocycles. The highest BCUT2D eigenvalue weighted by Gasteiger charge is 2.22. The standard InChI is InChI=1S/C12H22N2O4/c1-10(16)13-5-2-12(17)14-6-3-11(4-7-14)18-9-8-15/h11,15H,2-9H2,1H3,(H,13,16). The van der Waals surface area contributed by atoms with E-state index < -0.39 is 0 Å². The van der Waals surface area contributed by atoms with Crippen molar-refractivity contribution < 1.29 is 19.4 Å². The molecule has 6 heteroatoms. The van der Waals surface area contributed by atoms with Gasteiger partial charge in [-0.15, -0.1) is 0 Å². The van der Waals surface area contributed by atoms with Gasteiger partial charge in [0.2, 0.25) is 11.8 Å². The predicted octanol–water partition coefficient (Wildman–Crippen LogP) is -0.487. The van der Waals surface area contributed by atoms with E-state index in [1.165, 1.54) is 6.92 Å². The summed E-state index contributed by atoms with van der Waals surface area (Å²) in [6, 6.07) is 0. The van der Waals surface area contributed by atoms with E-state index in [0.717, 1.165) is 12.8 Å². The van der Waals surface area contributed by atoms with E-state index in [-0.39, 0.29) is 24.5 Å². The minimum Gasteiger partial charge on any atom is -0.394 e. The third kappa shape index (κ3) is 5.46. The number of carbonyl (C=O) groups is 2. The summed E-state index contributed by atoms with van der Waals surface area (Å²) in [5.41, 5.74) is 0. The maximum atomic E-state index is 11.8. The van der Waals surface area contributed by atoms with Crippen molar-refractivity contribution in [3.63, 3.8) is 0 Å². The fourth-order valence-corrected chi connectivity index (χ4v) is 1.99. The van der Waals surface area contributed by atoms with Gasteiger partial charge in [-0.05, 0) is 12.8 Å². The Bertz CT molecular complexity index is 275. The van der Waals surface area contributed by atoms with Gasteiger partial charge in [0.15, 0.2) is 0 Å². The Morgan fingerprint density at radius 3 is 2.61 bits per heavy atom. The van der Waals surface area contributed by atoms with Gasteiger partial charge in [-0.25, -0.2) is 0 Å². The average Bonchev–Trinajstić information content (AvgIpc) is 2.36. The van der Waals surface area contributed by atoms with Crippen LogP contribution in [0.15, 0.2) is 0 Å². The predicted molar refractivity (Wildman–Crippen MR) is 65.9 cm³/mol. The van der Waals surface area contributed by atoms with Gasteiger partial charge in [0.05, 0.1) is 19.3 Å². The molecule has 6 nitrogen and oxygen atoms in total. The largest absolute Gasteiger partial charge is 0.394 e. The van der Waals surface area contributed by atoms with Crippen molar-refractivity contribution in [1.82, 2.24) is 10.2 Å². The average molecular weight is 258 g/mol. The summed E-state index contributed by atoms with van der Waals surface area (Å²) >= 11 is 0. The van der Waals surface area contributed by atoms with Crippen LogP contribution in [0.2, 0.25) is 0 Å². The normalized spacial score (nSPS) is 16.7. The molecule has 1 aliphatic rings. The van der Waals surface area contributed by atoms with Crippen LogP contribution in [0.25, 0.3) is 0 Å². The van der Waals surface area contributed by atoms with E-state index in [1.807, 2.05) is 0 Å². The van der Waals surface area contributed by atoms with Crippen molar-refractivity contribution in [1.29, 1.82) is 0 Å². The Kier molecular flexibility index (Phi) is 6.67. The lowest BCUT2D eigenvalue weighted by atomic mass is 10.1. The summed E-state index contributed by atoms with van der Waals surface area (Å²) in [5.74, 6) is -0.0386. The minimum atomic E-state index is -0.112. The first-order chi connectivity index (χ1) is 8.63. The maximum Gasteiger partial charge on any atom is 0.224 e. The molecule has 0 aliphatic carbocycles. The number of nitrogens with one attached hydrogen (secondary N) is 1. The molecule has 1 aliphatic heterocycles. The smallest absolute Gasteiger partial charge is 0.224 e. The van der Waals surface area contributed by atoms with Gasteiger partial charge in [0.1, 0.15) is 0 Å². The van der Waals surface area contributed by atoms with Crippen LogP contribution in [0.1, 0.15) is 26.2 Å². The fourth-order valence-electron chi connectivity index (χ4n) is 1.99. The number of ether oxygens (including phenoxy) is 1. The molecular weight excluding hydrogens is 236 g/mol. The summed E-state index contributed by atoms with van der Waals surface area (Å²) in [6.45, 7) is 3.62. The van der Waals surface area contributed by atoms with Crippen molar-refractivity contribution in [3.8, 4) is 0 Å². The van der Waals surface area contributed by atoms with E-state index in [1.54, 1.807) is 4.90 Å². The van der Waals surface area contributed by atoms with Gasteiger partial charge in [-0.3, -0.25) is 9.59 Å². The summed E-state index contributed by atoms with van der Waals surface area (Å²) < 4.78 is 5.43. The molecule has 0 atom stereocenters. The van der Waals surface area contributed by atoms with E-state index in [4.69, 9.17) is 9.84 Å². The van der Waals surface area contributed by atoms with Crippen LogP contribution in [-0.2, 0) is 14.3 Å². The zero-order valence-corrected chi connectivity index (χ0v) is 10.9. The van der Waals surface area contributed by atoms with Gasteiger partial charge in [-0.1, -0.05) is 0 Å². The lowest BCUT2D eigenvalue weighted by Crippen LogP contribution is -2.42. The lowest BCUT2D eigenvalue weighted by Gasteiger charge is -2.32. The molecule has 0 bridgehead atoms. The van der Waals surface area contributed by atoms with E-state index in [9.17, 15) is 9.59 Å². The van der Waals surface area contributed by atoms with Crippen LogP contribution in [0.4, 0.5) is 0 Å². The van der Waals surface area contributed by atoms with Gasteiger partial charge < -0.3 is 20.1 Å². The number of aliphatic hydroxyl groups excluding tert-OH is 1. The number of likely N-dealkylation sites (tertiary alicyclic amines) is 1. The Morgan fingerprint density at radius 2 is 2.06 bits per heavy atom. The summed E-state index contributed by atoms with van der Waals surface area (Å²) in [4.78, 5) is 24.3. The highest BCUT2D eigenvalue weighted by atomic mass is 16.5. The molecule has 0 aromatic heterocycles. The Balaban J connectivity index is 2.17. The monoisotopic (exact) mass is 258 g/mol. The molecular formula is C12H22N2O4. The molecule has 18 heavy (non-hydrogen) atoms. The van der Waals surface area contributed by atoms with Crippen molar-refractivity contribution in [2.45, 2.75) is 32.3 Å². The molecule has 0 unspecified atom stereocenters. The number of piperidine rings is 1. The van der Waals surface area contributed by atoms with Crippen LogP contribution >= 0.6 is 0 Å². The molecule has 1 heterocycles. The molecule has 2 amide bonds. The van der Waals surface area contributed by atoms with Gasteiger partial charge in [0.25, 0.3) is 0 Å². The number of carbonyl (C=O) groups excluding carboxylic acids is 2. The van der Waals surface area contributed by atoms with E-state index in [2.05, 4.69) is 5.32 Å². The first-order valence-electron chi connectivity index (χ1n) is 6.38. The molecule has 0 aromatic rings. The van der Waals surface area contributed by atoms with Gasteiger partial charge in [-0.2, -0.15) is 0 Å². The second-order valence-corrected chi connectivity index (χ2v) is 4.41. The molecule has 0 aromatic carbocycles.